The van der Waals surface area contributed by atoms with Crippen LogP contribution in [0.15, 0.2) is 18.2 Å². The minimum absolute atomic E-state index is 0.0525. The first-order chi connectivity index (χ1) is 10.5. The van der Waals surface area contributed by atoms with Gasteiger partial charge in [-0.05, 0) is 31.5 Å². The Morgan fingerprint density at radius 2 is 2.14 bits per heavy atom. The highest BCUT2D eigenvalue weighted by molar-refractivity contribution is 7.15. The highest BCUT2D eigenvalue weighted by Crippen LogP contribution is 2.21. The number of carbonyl (C=O) groups excluding carboxylic acids is 1. The monoisotopic (exact) mass is 314 g/mol. The van der Waals surface area contributed by atoms with Crippen LogP contribution in [-0.2, 0) is 17.6 Å². The molecule has 1 amide bonds. The van der Waals surface area contributed by atoms with E-state index in [0.29, 0.717) is 11.6 Å². The number of imidazole rings is 1. The number of H-pyrrole nitrogens is 1. The van der Waals surface area contributed by atoms with Crippen molar-refractivity contribution in [1.29, 1.82) is 0 Å². The van der Waals surface area contributed by atoms with Crippen LogP contribution in [0.4, 0.5) is 5.13 Å². The summed E-state index contributed by atoms with van der Waals surface area (Å²) in [6.07, 6.45) is 1.20. The van der Waals surface area contributed by atoms with Crippen molar-refractivity contribution in [2.24, 2.45) is 0 Å². The Balaban J connectivity index is 1.73. The van der Waals surface area contributed by atoms with Gasteiger partial charge in [-0.15, -0.1) is 11.3 Å². The number of nitrogens with one attached hydrogen (secondary N) is 2. The Kier molecular flexibility index (Phi) is 3.94. The molecule has 2 aromatic heterocycles. The van der Waals surface area contributed by atoms with Gasteiger partial charge in [-0.2, -0.15) is 0 Å². The van der Waals surface area contributed by atoms with Crippen molar-refractivity contribution in [3.8, 4) is 0 Å². The maximum Gasteiger partial charge on any atom is 0.230 e. The molecule has 3 aromatic rings. The number of carbonyl (C=O) groups is 1. The van der Waals surface area contributed by atoms with Crippen LogP contribution >= 0.6 is 11.3 Å². The van der Waals surface area contributed by atoms with E-state index in [4.69, 9.17) is 0 Å². The lowest BCUT2D eigenvalue weighted by atomic mass is 10.1. The number of benzene rings is 1. The second-order valence-electron chi connectivity index (χ2n) is 5.27. The van der Waals surface area contributed by atoms with E-state index in [2.05, 4.69) is 27.2 Å². The molecule has 0 fully saturated rings. The molecular weight excluding hydrogens is 296 g/mol. The maximum atomic E-state index is 12.1. The van der Waals surface area contributed by atoms with Crippen LogP contribution in [-0.4, -0.2) is 20.9 Å². The molecule has 2 heterocycles. The van der Waals surface area contributed by atoms with E-state index in [0.717, 1.165) is 39.4 Å². The van der Waals surface area contributed by atoms with Crippen molar-refractivity contribution < 1.29 is 4.79 Å². The lowest BCUT2D eigenvalue weighted by molar-refractivity contribution is -0.115. The van der Waals surface area contributed by atoms with Crippen molar-refractivity contribution in [3.63, 3.8) is 0 Å². The Hall–Kier alpha value is -2.21. The number of aryl methyl sites for hydroxylation is 3. The zero-order valence-corrected chi connectivity index (χ0v) is 13.7. The molecule has 114 valence electrons. The summed E-state index contributed by atoms with van der Waals surface area (Å²) in [6.45, 7) is 6.00. The van der Waals surface area contributed by atoms with Crippen molar-refractivity contribution in [2.45, 2.75) is 33.6 Å². The van der Waals surface area contributed by atoms with Gasteiger partial charge in [0.05, 0.1) is 23.1 Å². The number of rotatable bonds is 4. The summed E-state index contributed by atoms with van der Waals surface area (Å²) < 4.78 is 0. The van der Waals surface area contributed by atoms with Gasteiger partial charge in [-0.1, -0.05) is 13.0 Å². The molecule has 2 N–H and O–H groups in total. The normalized spacial score (nSPS) is 11.0. The molecule has 0 aliphatic rings. The van der Waals surface area contributed by atoms with Crippen LogP contribution in [0, 0.1) is 13.8 Å². The van der Waals surface area contributed by atoms with Gasteiger partial charge in [0.2, 0.25) is 5.91 Å². The van der Waals surface area contributed by atoms with Gasteiger partial charge in [0.1, 0.15) is 5.82 Å². The smallest absolute Gasteiger partial charge is 0.230 e. The van der Waals surface area contributed by atoms with Crippen LogP contribution < -0.4 is 5.32 Å². The molecule has 3 rings (SSSR count). The number of hydrogen-bond donors (Lipinski definition) is 2. The Bertz CT molecular complexity index is 814. The topological polar surface area (TPSA) is 70.7 Å². The van der Waals surface area contributed by atoms with Crippen LogP contribution in [0.3, 0.4) is 0 Å². The van der Waals surface area contributed by atoms with Gasteiger partial charge in [0, 0.05) is 11.3 Å². The SMILES string of the molecule is CCc1nc2ccc(CC(=O)Nc3nc(C)c(C)s3)cc2[nH]1. The Morgan fingerprint density at radius 1 is 1.32 bits per heavy atom. The highest BCUT2D eigenvalue weighted by Gasteiger charge is 2.10. The van der Waals surface area contributed by atoms with E-state index in [1.807, 2.05) is 32.0 Å². The second kappa shape index (κ2) is 5.88. The van der Waals surface area contributed by atoms with Gasteiger partial charge < -0.3 is 10.3 Å². The number of aromatic amines is 1. The van der Waals surface area contributed by atoms with Crippen LogP contribution in [0.2, 0.25) is 0 Å². The minimum atomic E-state index is -0.0525. The highest BCUT2D eigenvalue weighted by atomic mass is 32.1. The first-order valence-corrected chi connectivity index (χ1v) is 8.08. The number of nitrogens with zero attached hydrogens (tertiary/aromatic N) is 2. The Labute approximate surface area is 132 Å². The number of hydrogen-bond acceptors (Lipinski definition) is 4. The van der Waals surface area contributed by atoms with Gasteiger partial charge in [-0.25, -0.2) is 9.97 Å². The maximum absolute atomic E-state index is 12.1. The van der Waals surface area contributed by atoms with E-state index in [-0.39, 0.29) is 5.91 Å². The van der Waals surface area contributed by atoms with Gasteiger partial charge in [0.15, 0.2) is 5.13 Å². The van der Waals surface area contributed by atoms with Crippen molar-refractivity contribution in [2.75, 3.05) is 5.32 Å². The predicted octanol–water partition coefficient (Wildman–Crippen LogP) is 3.38. The standard InChI is InChI=1S/C16H18N4OS/c1-4-14-18-12-6-5-11(7-13(12)19-14)8-15(21)20-16-17-9(2)10(3)22-16/h5-7H,4,8H2,1-3H3,(H,18,19)(H,17,20,21). The summed E-state index contributed by atoms with van der Waals surface area (Å²) in [5.74, 6) is 0.911. The fraction of sp³-hybridized carbons (Fsp3) is 0.312. The van der Waals surface area contributed by atoms with Gasteiger partial charge in [-0.3, -0.25) is 4.79 Å². The lowest BCUT2D eigenvalue weighted by Gasteiger charge is -2.02. The number of amides is 1. The second-order valence-corrected chi connectivity index (χ2v) is 6.48. The molecular formula is C16H18N4OS. The molecule has 0 aliphatic heterocycles. The van der Waals surface area contributed by atoms with Crippen molar-refractivity contribution in [3.05, 3.63) is 40.2 Å². The van der Waals surface area contributed by atoms with Crippen molar-refractivity contribution in [1.82, 2.24) is 15.0 Å². The quantitative estimate of drug-likeness (QED) is 0.775. The molecule has 0 saturated carbocycles. The third kappa shape index (κ3) is 3.01. The van der Waals surface area contributed by atoms with E-state index >= 15 is 0 Å². The summed E-state index contributed by atoms with van der Waals surface area (Å²) in [5, 5.41) is 3.52. The third-order valence-corrected chi connectivity index (χ3v) is 4.56. The summed E-state index contributed by atoms with van der Waals surface area (Å²) >= 11 is 1.50. The minimum Gasteiger partial charge on any atom is -0.342 e. The summed E-state index contributed by atoms with van der Waals surface area (Å²) in [5.41, 5.74) is 3.84. The van der Waals surface area contributed by atoms with E-state index in [1.54, 1.807) is 0 Å². The molecule has 0 aliphatic carbocycles. The molecule has 1 aromatic carbocycles. The van der Waals surface area contributed by atoms with Gasteiger partial charge >= 0.3 is 0 Å². The van der Waals surface area contributed by atoms with Crippen molar-refractivity contribution >= 4 is 33.4 Å². The number of aromatic nitrogens is 3. The fourth-order valence-corrected chi connectivity index (χ4v) is 3.09. The fourth-order valence-electron chi connectivity index (χ4n) is 2.26. The largest absolute Gasteiger partial charge is 0.342 e. The zero-order valence-electron chi connectivity index (χ0n) is 12.9. The average Bonchev–Trinajstić information content (AvgIpc) is 3.01. The van der Waals surface area contributed by atoms with Crippen LogP contribution in [0.1, 0.15) is 28.9 Å². The predicted molar refractivity (Wildman–Crippen MR) is 89.4 cm³/mol. The van der Waals surface area contributed by atoms with Gasteiger partial charge in [0.25, 0.3) is 0 Å². The van der Waals surface area contributed by atoms with Crippen LogP contribution in [0.25, 0.3) is 11.0 Å². The first kappa shape index (κ1) is 14.7. The molecule has 5 nitrogen and oxygen atoms in total. The number of thiazole rings is 1. The van der Waals surface area contributed by atoms with E-state index in [9.17, 15) is 4.79 Å². The summed E-state index contributed by atoms with van der Waals surface area (Å²) in [7, 11) is 0. The molecule has 0 spiro atoms. The van der Waals surface area contributed by atoms with E-state index < -0.39 is 0 Å². The molecule has 22 heavy (non-hydrogen) atoms. The third-order valence-electron chi connectivity index (χ3n) is 3.57. The van der Waals surface area contributed by atoms with E-state index in [1.165, 1.54) is 11.3 Å². The first-order valence-electron chi connectivity index (χ1n) is 7.26. The molecule has 6 heteroatoms. The average molecular weight is 314 g/mol. The molecule has 0 atom stereocenters. The lowest BCUT2D eigenvalue weighted by Crippen LogP contribution is -2.14. The molecule has 0 bridgehead atoms. The molecule has 0 unspecified atom stereocenters. The number of anilines is 1. The Morgan fingerprint density at radius 3 is 2.82 bits per heavy atom. The number of fused-ring (bicyclic) bond motifs is 1. The summed E-state index contributed by atoms with van der Waals surface area (Å²) in [4.78, 5) is 25.3. The molecule has 0 radical (unpaired) electrons. The van der Waals surface area contributed by atoms with Crippen LogP contribution in [0.5, 0.6) is 0 Å². The molecule has 0 saturated heterocycles. The summed E-state index contributed by atoms with van der Waals surface area (Å²) in [6, 6.07) is 5.88. The zero-order chi connectivity index (χ0) is 15.7.